The molecule has 0 unspecified atom stereocenters. The van der Waals surface area contributed by atoms with E-state index in [0.29, 0.717) is 12.0 Å². The van der Waals surface area contributed by atoms with E-state index in [1.165, 1.54) is 38.2 Å². The van der Waals surface area contributed by atoms with Crippen LogP contribution in [0.15, 0.2) is 231 Å². The number of fused-ring (bicyclic) bond motifs is 2. The third kappa shape index (κ3) is 20.3. The summed E-state index contributed by atoms with van der Waals surface area (Å²) in [4.78, 5) is 8.90. The van der Waals surface area contributed by atoms with Crippen LogP contribution in [0.4, 0.5) is 13.2 Å². The molecule has 82 heavy (non-hydrogen) atoms. The van der Waals surface area contributed by atoms with Gasteiger partial charge in [0, 0.05) is 36.2 Å². The maximum Gasteiger partial charge on any atom is 0.490 e. The van der Waals surface area contributed by atoms with Gasteiger partial charge >= 0.3 is 12.1 Å². The fraction of sp³-hybridized carbons (Fsp3) is 0.152. The maximum atomic E-state index is 10.6. The minimum Gasteiger partial charge on any atom is -0.490 e. The van der Waals surface area contributed by atoms with E-state index in [9.17, 15) is 13.2 Å². The Balaban J connectivity index is 0.000000301. The largest absolute Gasteiger partial charge is 0.490 e. The third-order valence-electron chi connectivity index (χ3n) is 11.7. The first-order chi connectivity index (χ1) is 39.4. The van der Waals surface area contributed by atoms with Crippen molar-refractivity contribution in [1.29, 1.82) is 0 Å². The molecule has 16 heteroatoms. The number of carboxylic acids is 1. The number of carboxylic acid groups (broad SMARTS) is 1. The second-order valence-corrected chi connectivity index (χ2v) is 23.1. The number of carbonyl (C=O) groups is 1. The fourth-order valence-electron chi connectivity index (χ4n) is 8.31. The average Bonchev–Trinajstić information content (AvgIpc) is 4.19. The summed E-state index contributed by atoms with van der Waals surface area (Å²) in [6.07, 6.45) is -0.793. The van der Waals surface area contributed by atoms with Crippen molar-refractivity contribution in [1.82, 2.24) is 20.0 Å². The van der Waals surface area contributed by atoms with E-state index in [2.05, 4.69) is 309 Å². The number of rotatable bonds is 11. The van der Waals surface area contributed by atoms with Gasteiger partial charge in [-0.15, -0.1) is 0 Å². The summed E-state index contributed by atoms with van der Waals surface area (Å²) in [5.74, 6) is -0.745. The van der Waals surface area contributed by atoms with Crippen molar-refractivity contribution in [2.75, 3.05) is 2.43 Å². The number of H-pyrrole nitrogens is 1. The zero-order valence-electron chi connectivity index (χ0n) is 45.8. The van der Waals surface area contributed by atoms with E-state index in [4.69, 9.17) is 24.5 Å². The molecule has 0 bridgehead atoms. The number of halogens is 7. The second-order valence-electron chi connectivity index (χ2n) is 16.6. The van der Waals surface area contributed by atoms with Crippen LogP contribution in [0.2, 0.25) is 0 Å². The van der Waals surface area contributed by atoms with Gasteiger partial charge in [-0.3, -0.25) is 5.10 Å². The molecule has 8 nitrogen and oxygen atoms in total. The van der Waals surface area contributed by atoms with Crippen LogP contribution in [0.25, 0.3) is 21.8 Å². The molecule has 2 aromatic heterocycles. The maximum absolute atomic E-state index is 10.6. The van der Waals surface area contributed by atoms with Gasteiger partial charge in [-0.05, 0) is 128 Å². The molecule has 426 valence electrons. The summed E-state index contributed by atoms with van der Waals surface area (Å²) in [7, 11) is 0. The smallest absolute Gasteiger partial charge is 0.490 e. The van der Waals surface area contributed by atoms with E-state index in [-0.39, 0.29) is 19.5 Å². The summed E-state index contributed by atoms with van der Waals surface area (Å²) in [6.45, 7) is 18.7. The first-order valence-electron chi connectivity index (χ1n) is 25.5. The van der Waals surface area contributed by atoms with Gasteiger partial charge in [0.15, 0.2) is 0 Å². The first-order valence-corrected chi connectivity index (χ1v) is 30.7. The Labute approximate surface area is 548 Å². The number of nitrogens with one attached hydrogen (secondary N) is 1. The molecule has 0 atom stereocenters. The van der Waals surface area contributed by atoms with Crippen molar-refractivity contribution < 1.29 is 52.0 Å². The number of hydrogen-bond donors (Lipinski definition) is 2. The summed E-state index contributed by atoms with van der Waals surface area (Å²) >= 11 is 9.10. The Hall–Kier alpha value is -5.16. The van der Waals surface area contributed by atoms with Crippen molar-refractivity contribution in [3.8, 4) is 11.5 Å². The predicted octanol–water partition coefficient (Wildman–Crippen LogP) is 19.5. The Bertz CT molecular complexity index is 3170. The molecule has 1 aliphatic rings. The molecule has 1 saturated carbocycles. The van der Waals surface area contributed by atoms with E-state index in [1.54, 1.807) is 20.8 Å². The van der Waals surface area contributed by atoms with Crippen LogP contribution in [-0.2, 0) is 29.8 Å². The number of aliphatic carboxylic acids is 1. The second kappa shape index (κ2) is 37.9. The predicted molar refractivity (Wildman–Crippen MR) is 360 cm³/mol. The van der Waals surface area contributed by atoms with E-state index >= 15 is 0 Å². The number of nitrogens with zero attached hydrogens (tertiary/aromatic N) is 3. The molecule has 11 rings (SSSR count). The molecule has 10 aromatic rings. The molecule has 8 aromatic carbocycles. The number of aromatic nitrogens is 4. The molecule has 2 heterocycles. The molecule has 0 aliphatic heterocycles. The molecule has 2 N–H and O–H groups in total. The zero-order valence-corrected chi connectivity index (χ0v) is 57.4. The molecule has 1 aliphatic carbocycles. The molecular formula is C66H64F3I4N4O4Zn-3. The molecule has 0 radical (unpaired) electrons. The van der Waals surface area contributed by atoms with Crippen LogP contribution in [-0.4, -0.2) is 45.8 Å². The van der Waals surface area contributed by atoms with Crippen LogP contribution in [0, 0.1) is 28.2 Å². The van der Waals surface area contributed by atoms with Gasteiger partial charge in [0.25, 0.3) is 0 Å². The van der Waals surface area contributed by atoms with Crippen molar-refractivity contribution in [3.05, 3.63) is 293 Å². The molecule has 0 amide bonds. The molecule has 0 saturated heterocycles. The minimum atomic E-state index is -5.08. The minimum absolute atomic E-state index is 0. The summed E-state index contributed by atoms with van der Waals surface area (Å²) < 4.78 is 48.3. The third-order valence-corrected chi connectivity index (χ3v) is 13.3. The summed E-state index contributed by atoms with van der Waals surface area (Å²) in [6, 6.07) is 75.8. The van der Waals surface area contributed by atoms with Crippen LogP contribution in [0.3, 0.4) is 0 Å². The molecule has 0 spiro atoms. The molecule has 1 fully saturated rings. The number of hydrogen-bond acceptors (Lipinski definition) is 5. The summed E-state index contributed by atoms with van der Waals surface area (Å²) in [5, 5.41) is 21.5. The Morgan fingerprint density at radius 2 is 1.01 bits per heavy atom. The van der Waals surface area contributed by atoms with Crippen molar-refractivity contribution in [2.24, 2.45) is 0 Å². The number of alkyl halides is 5. The number of ether oxygens (including phenoxy) is 2. The monoisotopic (exact) mass is 1610 g/mol. The Morgan fingerprint density at radius 3 is 1.38 bits per heavy atom. The standard InChI is InChI=1S/C28H21IN2O.C19H16.C10H9IN2O.C2HF3O2.3C2H5.CH2I2.Zn/c1-2-32-24-18-19-26-25(20-24)27(29)30-31(26)28(21-12-6-3-7-13-21,22-14-8-4-9-15-22)23-16-10-5-11-17-23;1-4-10-16(11-5-1)19(17-12-6-2-7-13-17)18-14-8-3-9-15-18;11-10-8-5-7(14-6-1-2-6)3-4-9(8)12-13-10;3-2(4,5)1(6)7;3*1-2;2-1-3;/h2-20H,1H2;1-15,19H;3-6H,1-2H2,(H,12,13);(H,6,7);3*1H2,2H3;1H2;/q;;;;3*-1;;. The van der Waals surface area contributed by atoms with Crippen LogP contribution >= 0.6 is 90.4 Å². The van der Waals surface area contributed by atoms with E-state index < -0.39 is 17.7 Å². The van der Waals surface area contributed by atoms with Gasteiger partial charge in [-0.2, -0.15) is 44.1 Å². The quantitative estimate of drug-likeness (QED) is 0.0334. The zero-order chi connectivity index (χ0) is 59.2. The Morgan fingerprint density at radius 1 is 0.646 bits per heavy atom. The van der Waals surface area contributed by atoms with Crippen LogP contribution in [0.5, 0.6) is 11.5 Å². The van der Waals surface area contributed by atoms with Gasteiger partial charge in [0.05, 0.1) is 25.8 Å². The van der Waals surface area contributed by atoms with Crippen LogP contribution in [0.1, 0.15) is 72.9 Å². The average molecular weight is 1610 g/mol. The van der Waals surface area contributed by atoms with Gasteiger partial charge in [0.1, 0.15) is 24.4 Å². The van der Waals surface area contributed by atoms with Gasteiger partial charge in [-0.1, -0.05) is 234 Å². The summed E-state index contributed by atoms with van der Waals surface area (Å²) in [5.41, 5.74) is 8.81. The van der Waals surface area contributed by atoms with E-state index in [0.717, 1.165) is 57.4 Å². The van der Waals surface area contributed by atoms with Gasteiger partial charge < -0.3 is 35.4 Å². The van der Waals surface area contributed by atoms with E-state index in [1.807, 2.05) is 42.5 Å². The van der Waals surface area contributed by atoms with Crippen molar-refractivity contribution >= 4 is 118 Å². The van der Waals surface area contributed by atoms with Crippen LogP contribution < -0.4 is 9.47 Å². The Kier molecular flexibility index (Phi) is 32.9. The van der Waals surface area contributed by atoms with Gasteiger partial charge in [-0.25, -0.2) is 9.48 Å². The molecular weight excluding hydrogens is 1540 g/mol. The van der Waals surface area contributed by atoms with Crippen molar-refractivity contribution in [2.45, 2.75) is 57.3 Å². The number of benzene rings is 8. The van der Waals surface area contributed by atoms with Gasteiger partial charge in [0.2, 0.25) is 0 Å². The van der Waals surface area contributed by atoms with Crippen molar-refractivity contribution in [3.63, 3.8) is 0 Å². The fourth-order valence-corrected chi connectivity index (χ4v) is 9.51. The number of aromatic amines is 1. The topological polar surface area (TPSA) is 102 Å². The SMILES string of the molecule is C=COc1ccc2c(c1)c(I)nn2C(c1ccccc1)(c1ccccc1)c1ccccc1.ICI.Ic1[nH]nc2ccc(OC3CC3)cc12.O=C(O)C(F)(F)F.[CH2-]C.[CH2-]C.[CH2-]C.[Zn].c1ccc(C(c2ccccc2)c2ccccc2)cc1. The normalized spacial score (nSPS) is 11.0. The first kappa shape index (κ1) is 71.1.